The lowest BCUT2D eigenvalue weighted by Crippen LogP contribution is -2.50. The molecule has 28 heavy (non-hydrogen) atoms. The number of methoxy groups -OCH3 is 1. The molecule has 1 N–H and O–H groups in total. The topological polar surface area (TPSA) is 62.6 Å². The molecule has 0 atom stereocenters. The van der Waals surface area contributed by atoms with Gasteiger partial charge in [0.15, 0.2) is 0 Å². The highest BCUT2D eigenvalue weighted by molar-refractivity contribution is 5.89. The van der Waals surface area contributed by atoms with E-state index in [2.05, 4.69) is 27.8 Å². The quantitative estimate of drug-likeness (QED) is 0.755. The first-order valence-corrected chi connectivity index (χ1v) is 9.60. The average Bonchev–Trinajstić information content (AvgIpc) is 3.12. The Kier molecular flexibility index (Phi) is 5.06. The SMILES string of the molecule is CCn1c(N2CCN(C(=O)Nc3cccc(OC)c3)CC2)nc2ccccc21. The van der Waals surface area contributed by atoms with Crippen molar-refractivity contribution in [2.75, 3.05) is 43.5 Å². The van der Waals surface area contributed by atoms with Crippen molar-refractivity contribution in [3.63, 3.8) is 0 Å². The number of imidazole rings is 1. The third-order valence-corrected chi connectivity index (χ3v) is 5.12. The van der Waals surface area contributed by atoms with Gasteiger partial charge in [-0.1, -0.05) is 18.2 Å². The van der Waals surface area contributed by atoms with Crippen LogP contribution in [-0.4, -0.2) is 53.8 Å². The third kappa shape index (κ3) is 3.47. The third-order valence-electron chi connectivity index (χ3n) is 5.12. The number of para-hydroxylation sites is 2. The number of nitrogens with one attached hydrogen (secondary N) is 1. The predicted octanol–water partition coefficient (Wildman–Crippen LogP) is 3.42. The lowest BCUT2D eigenvalue weighted by molar-refractivity contribution is 0.208. The number of benzene rings is 2. The molecule has 0 spiro atoms. The number of anilines is 2. The molecule has 7 nitrogen and oxygen atoms in total. The summed E-state index contributed by atoms with van der Waals surface area (Å²) in [5.74, 6) is 1.71. The predicted molar refractivity (Wildman–Crippen MR) is 111 cm³/mol. The van der Waals surface area contributed by atoms with Crippen LogP contribution < -0.4 is 15.0 Å². The van der Waals surface area contributed by atoms with Gasteiger partial charge in [0, 0.05) is 44.5 Å². The van der Waals surface area contributed by atoms with E-state index in [1.165, 1.54) is 0 Å². The van der Waals surface area contributed by atoms with Gasteiger partial charge in [0.25, 0.3) is 0 Å². The van der Waals surface area contributed by atoms with Crippen LogP contribution >= 0.6 is 0 Å². The first kappa shape index (κ1) is 18.2. The van der Waals surface area contributed by atoms with E-state index in [4.69, 9.17) is 9.72 Å². The monoisotopic (exact) mass is 379 g/mol. The van der Waals surface area contributed by atoms with Gasteiger partial charge >= 0.3 is 6.03 Å². The Morgan fingerprint density at radius 3 is 2.64 bits per heavy atom. The van der Waals surface area contributed by atoms with Gasteiger partial charge in [-0.3, -0.25) is 0 Å². The fraction of sp³-hybridized carbons (Fsp3) is 0.333. The Morgan fingerprint density at radius 2 is 1.89 bits per heavy atom. The molecule has 4 rings (SSSR count). The fourth-order valence-electron chi connectivity index (χ4n) is 3.63. The molecule has 1 aromatic heterocycles. The van der Waals surface area contributed by atoms with E-state index in [0.717, 1.165) is 48.1 Å². The number of aromatic nitrogens is 2. The summed E-state index contributed by atoms with van der Waals surface area (Å²) >= 11 is 0. The smallest absolute Gasteiger partial charge is 0.321 e. The van der Waals surface area contributed by atoms with Crippen LogP contribution in [0.1, 0.15) is 6.92 Å². The van der Waals surface area contributed by atoms with E-state index in [9.17, 15) is 4.79 Å². The molecule has 1 saturated heterocycles. The van der Waals surface area contributed by atoms with E-state index >= 15 is 0 Å². The summed E-state index contributed by atoms with van der Waals surface area (Å²) in [5.41, 5.74) is 2.90. The summed E-state index contributed by atoms with van der Waals surface area (Å²) < 4.78 is 7.45. The van der Waals surface area contributed by atoms with Crippen molar-refractivity contribution >= 4 is 28.7 Å². The van der Waals surface area contributed by atoms with Crippen molar-refractivity contribution in [3.05, 3.63) is 48.5 Å². The maximum atomic E-state index is 12.6. The summed E-state index contributed by atoms with van der Waals surface area (Å²) in [6.07, 6.45) is 0. The number of carbonyl (C=O) groups excluding carboxylic acids is 1. The van der Waals surface area contributed by atoms with Crippen molar-refractivity contribution in [1.29, 1.82) is 0 Å². The highest BCUT2D eigenvalue weighted by Crippen LogP contribution is 2.24. The number of fused-ring (bicyclic) bond motifs is 1. The van der Waals surface area contributed by atoms with Crippen LogP contribution in [0.25, 0.3) is 11.0 Å². The second-order valence-corrected chi connectivity index (χ2v) is 6.78. The molecule has 146 valence electrons. The van der Waals surface area contributed by atoms with Crippen LogP contribution in [0.3, 0.4) is 0 Å². The minimum atomic E-state index is -0.0862. The Bertz CT molecular complexity index is 976. The highest BCUT2D eigenvalue weighted by atomic mass is 16.5. The van der Waals surface area contributed by atoms with E-state index in [-0.39, 0.29) is 6.03 Å². The van der Waals surface area contributed by atoms with Gasteiger partial charge in [0.2, 0.25) is 5.95 Å². The van der Waals surface area contributed by atoms with Crippen LogP contribution in [0.2, 0.25) is 0 Å². The number of hydrogen-bond acceptors (Lipinski definition) is 4. The van der Waals surface area contributed by atoms with Crippen LogP contribution in [0.5, 0.6) is 5.75 Å². The van der Waals surface area contributed by atoms with Gasteiger partial charge in [-0.25, -0.2) is 9.78 Å². The zero-order valence-corrected chi connectivity index (χ0v) is 16.3. The average molecular weight is 379 g/mol. The number of nitrogens with zero attached hydrogens (tertiary/aromatic N) is 4. The number of carbonyl (C=O) groups is 1. The van der Waals surface area contributed by atoms with Gasteiger partial charge < -0.3 is 24.4 Å². The molecule has 7 heteroatoms. The van der Waals surface area contributed by atoms with Crippen molar-refractivity contribution in [2.45, 2.75) is 13.5 Å². The lowest BCUT2D eigenvalue weighted by Gasteiger charge is -2.35. The summed E-state index contributed by atoms with van der Waals surface area (Å²) in [5, 5.41) is 2.95. The molecular formula is C21H25N5O2. The summed E-state index contributed by atoms with van der Waals surface area (Å²) in [6, 6.07) is 15.5. The molecule has 2 aromatic carbocycles. The van der Waals surface area contributed by atoms with Gasteiger partial charge in [-0.2, -0.15) is 0 Å². The number of ether oxygens (including phenoxy) is 1. The minimum Gasteiger partial charge on any atom is -0.497 e. The molecule has 0 aliphatic carbocycles. The zero-order chi connectivity index (χ0) is 19.5. The van der Waals surface area contributed by atoms with E-state index in [0.29, 0.717) is 13.1 Å². The molecule has 0 saturated carbocycles. The number of urea groups is 1. The second-order valence-electron chi connectivity index (χ2n) is 6.78. The molecule has 1 fully saturated rings. The molecule has 0 radical (unpaired) electrons. The van der Waals surface area contributed by atoms with E-state index < -0.39 is 0 Å². The summed E-state index contributed by atoms with van der Waals surface area (Å²) in [6.45, 7) is 5.83. The van der Waals surface area contributed by atoms with Gasteiger partial charge in [-0.15, -0.1) is 0 Å². The number of rotatable bonds is 4. The van der Waals surface area contributed by atoms with Gasteiger partial charge in [0.1, 0.15) is 5.75 Å². The largest absolute Gasteiger partial charge is 0.497 e. The molecule has 1 aliphatic heterocycles. The van der Waals surface area contributed by atoms with Crippen molar-refractivity contribution < 1.29 is 9.53 Å². The van der Waals surface area contributed by atoms with Crippen molar-refractivity contribution in [2.24, 2.45) is 0 Å². The van der Waals surface area contributed by atoms with E-state index in [1.807, 2.05) is 47.4 Å². The number of amides is 2. The van der Waals surface area contributed by atoms with Crippen LogP contribution in [-0.2, 0) is 6.54 Å². The molecule has 0 unspecified atom stereocenters. The van der Waals surface area contributed by atoms with Crippen molar-refractivity contribution in [3.8, 4) is 5.75 Å². The summed E-state index contributed by atoms with van der Waals surface area (Å²) in [4.78, 5) is 21.5. The first-order chi connectivity index (χ1) is 13.7. The van der Waals surface area contributed by atoms with Crippen LogP contribution in [0.4, 0.5) is 16.4 Å². The zero-order valence-electron chi connectivity index (χ0n) is 16.3. The molecule has 2 amide bonds. The maximum absolute atomic E-state index is 12.6. The Hall–Kier alpha value is -3.22. The highest BCUT2D eigenvalue weighted by Gasteiger charge is 2.24. The molecular weight excluding hydrogens is 354 g/mol. The number of piperazine rings is 1. The minimum absolute atomic E-state index is 0.0862. The molecule has 3 aromatic rings. The number of aryl methyl sites for hydroxylation is 1. The van der Waals surface area contributed by atoms with Gasteiger partial charge in [-0.05, 0) is 31.2 Å². The Labute approximate surface area is 164 Å². The standard InChI is InChI=1S/C21H25N5O2/c1-3-26-19-10-5-4-9-18(19)23-20(26)24-11-13-25(14-12-24)21(27)22-16-7-6-8-17(15-16)28-2/h4-10,15H,3,11-14H2,1-2H3,(H,22,27). The normalized spacial score (nSPS) is 14.4. The fourth-order valence-corrected chi connectivity index (χ4v) is 3.63. The lowest BCUT2D eigenvalue weighted by atomic mass is 10.3. The number of hydrogen-bond donors (Lipinski definition) is 1. The van der Waals surface area contributed by atoms with Gasteiger partial charge in [0.05, 0.1) is 18.1 Å². The molecule has 2 heterocycles. The Morgan fingerprint density at radius 1 is 1.11 bits per heavy atom. The van der Waals surface area contributed by atoms with Crippen LogP contribution in [0, 0.1) is 0 Å². The second kappa shape index (κ2) is 7.80. The first-order valence-electron chi connectivity index (χ1n) is 9.60. The maximum Gasteiger partial charge on any atom is 0.321 e. The van der Waals surface area contributed by atoms with Crippen molar-refractivity contribution in [1.82, 2.24) is 14.5 Å². The molecule has 0 bridgehead atoms. The van der Waals surface area contributed by atoms with E-state index in [1.54, 1.807) is 7.11 Å². The van der Waals surface area contributed by atoms with Crippen LogP contribution in [0.15, 0.2) is 48.5 Å². The summed E-state index contributed by atoms with van der Waals surface area (Å²) in [7, 11) is 1.61. The molecule has 1 aliphatic rings. The Balaban J connectivity index is 1.42.